The Hall–Kier alpha value is -4.90. The molecule has 1 heterocycles. The van der Waals surface area contributed by atoms with Crippen LogP contribution in [-0.4, -0.2) is 10.7 Å². The van der Waals surface area contributed by atoms with Crippen molar-refractivity contribution in [1.29, 1.82) is 5.26 Å². The molecular formula is C32H30N4O4. The quantitative estimate of drug-likeness (QED) is 0.287. The van der Waals surface area contributed by atoms with E-state index in [9.17, 15) is 20.2 Å². The lowest BCUT2D eigenvalue weighted by Crippen LogP contribution is -2.39. The molecule has 0 spiro atoms. The third-order valence-electron chi connectivity index (χ3n) is 7.68. The van der Waals surface area contributed by atoms with Gasteiger partial charge in [-0.3, -0.25) is 19.8 Å². The SMILES string of the molecule is Cc1ccc(OCc2cc(C3C(C#N)=C(N)N(c4ccccc4[N+](=O)[O-])C4=C3C(=O)CCC4)c(C)cc2C)cc1. The van der Waals surface area contributed by atoms with Gasteiger partial charge in [-0.2, -0.15) is 5.26 Å². The van der Waals surface area contributed by atoms with Crippen molar-refractivity contribution >= 4 is 17.2 Å². The molecule has 0 aromatic heterocycles. The molecule has 0 radical (unpaired) electrons. The first kappa shape index (κ1) is 26.7. The Labute approximate surface area is 233 Å². The summed E-state index contributed by atoms with van der Waals surface area (Å²) in [4.78, 5) is 26.5. The van der Waals surface area contributed by atoms with E-state index in [0.717, 1.165) is 33.6 Å². The van der Waals surface area contributed by atoms with Crippen molar-refractivity contribution in [2.75, 3.05) is 4.90 Å². The van der Waals surface area contributed by atoms with Crippen molar-refractivity contribution in [2.24, 2.45) is 5.73 Å². The lowest BCUT2D eigenvalue weighted by Gasteiger charge is -2.39. The van der Waals surface area contributed by atoms with Gasteiger partial charge in [0, 0.05) is 23.8 Å². The van der Waals surface area contributed by atoms with E-state index >= 15 is 0 Å². The summed E-state index contributed by atoms with van der Waals surface area (Å²) in [6.07, 6.45) is 1.45. The second-order valence-electron chi connectivity index (χ2n) is 10.3. The van der Waals surface area contributed by atoms with E-state index in [4.69, 9.17) is 10.5 Å². The largest absolute Gasteiger partial charge is 0.489 e. The maximum atomic E-state index is 13.6. The minimum absolute atomic E-state index is 0.0764. The first-order valence-electron chi connectivity index (χ1n) is 13.2. The predicted octanol–water partition coefficient (Wildman–Crippen LogP) is 6.40. The maximum Gasteiger partial charge on any atom is 0.293 e. The molecular weight excluding hydrogens is 504 g/mol. The number of aryl methyl sites for hydroxylation is 3. The summed E-state index contributed by atoms with van der Waals surface area (Å²) >= 11 is 0. The molecule has 2 aliphatic rings. The zero-order chi connectivity index (χ0) is 28.6. The number of allylic oxidation sites excluding steroid dienone is 3. The molecule has 202 valence electrons. The lowest BCUT2D eigenvalue weighted by molar-refractivity contribution is -0.384. The number of anilines is 1. The number of Topliss-reactive ketones (excluding diaryl/α,β-unsaturated/α-hetero) is 1. The molecule has 1 unspecified atom stereocenters. The molecule has 40 heavy (non-hydrogen) atoms. The number of nitro groups is 1. The Bertz CT molecular complexity index is 1630. The van der Waals surface area contributed by atoms with Crippen LogP contribution in [0.25, 0.3) is 0 Å². The number of nitrogens with zero attached hydrogens (tertiary/aromatic N) is 3. The number of rotatable bonds is 6. The van der Waals surface area contributed by atoms with Gasteiger partial charge in [0.15, 0.2) is 5.78 Å². The van der Waals surface area contributed by atoms with Crippen LogP contribution >= 0.6 is 0 Å². The van der Waals surface area contributed by atoms with Gasteiger partial charge in [0.2, 0.25) is 0 Å². The van der Waals surface area contributed by atoms with Gasteiger partial charge in [-0.05, 0) is 74.1 Å². The Kier molecular flexibility index (Phi) is 7.14. The van der Waals surface area contributed by atoms with Gasteiger partial charge in [0.25, 0.3) is 5.69 Å². The van der Waals surface area contributed by atoms with Gasteiger partial charge >= 0.3 is 0 Å². The van der Waals surface area contributed by atoms with Crippen molar-refractivity contribution in [2.45, 2.75) is 52.6 Å². The molecule has 8 heteroatoms. The van der Waals surface area contributed by atoms with Crippen molar-refractivity contribution in [3.8, 4) is 11.8 Å². The number of benzene rings is 3. The summed E-state index contributed by atoms with van der Waals surface area (Å²) in [5.41, 5.74) is 12.9. The van der Waals surface area contributed by atoms with E-state index in [0.29, 0.717) is 37.1 Å². The molecule has 2 N–H and O–H groups in total. The molecule has 0 saturated heterocycles. The smallest absolute Gasteiger partial charge is 0.293 e. The second-order valence-corrected chi connectivity index (χ2v) is 10.3. The number of carbonyl (C=O) groups is 1. The van der Waals surface area contributed by atoms with Gasteiger partial charge in [0.1, 0.15) is 23.9 Å². The number of nitro benzene ring substituents is 1. The molecule has 1 aliphatic carbocycles. The summed E-state index contributed by atoms with van der Waals surface area (Å²) < 4.78 is 6.07. The lowest BCUT2D eigenvalue weighted by atomic mass is 9.74. The monoisotopic (exact) mass is 534 g/mol. The van der Waals surface area contributed by atoms with E-state index in [1.165, 1.54) is 6.07 Å². The number of ketones is 1. The average Bonchev–Trinajstić information content (AvgIpc) is 2.93. The summed E-state index contributed by atoms with van der Waals surface area (Å²) in [6, 6.07) is 20.4. The molecule has 0 amide bonds. The third-order valence-corrected chi connectivity index (χ3v) is 7.68. The van der Waals surface area contributed by atoms with Crippen LogP contribution in [-0.2, 0) is 11.4 Å². The number of nitrogens with two attached hydrogens (primary N) is 1. The molecule has 0 saturated carbocycles. The van der Waals surface area contributed by atoms with E-state index < -0.39 is 10.8 Å². The van der Waals surface area contributed by atoms with Crippen molar-refractivity contribution < 1.29 is 14.5 Å². The van der Waals surface area contributed by atoms with Gasteiger partial charge in [-0.15, -0.1) is 0 Å². The molecule has 8 nitrogen and oxygen atoms in total. The van der Waals surface area contributed by atoms with Gasteiger partial charge in [-0.1, -0.05) is 42.0 Å². The highest BCUT2D eigenvalue weighted by molar-refractivity contribution is 6.01. The predicted molar refractivity (Wildman–Crippen MR) is 152 cm³/mol. The minimum Gasteiger partial charge on any atom is -0.489 e. The Morgan fingerprint density at radius 3 is 2.50 bits per heavy atom. The highest BCUT2D eigenvalue weighted by Gasteiger charge is 2.42. The van der Waals surface area contributed by atoms with Crippen molar-refractivity contribution in [3.63, 3.8) is 0 Å². The highest BCUT2D eigenvalue weighted by atomic mass is 16.6. The number of nitriles is 1. The highest BCUT2D eigenvalue weighted by Crippen LogP contribution is 2.48. The molecule has 1 aliphatic heterocycles. The first-order valence-corrected chi connectivity index (χ1v) is 13.2. The van der Waals surface area contributed by atoms with Crippen LogP contribution in [0.15, 0.2) is 83.3 Å². The summed E-state index contributed by atoms with van der Waals surface area (Å²) in [7, 11) is 0. The van der Waals surface area contributed by atoms with Crippen LogP contribution in [0, 0.1) is 42.2 Å². The Morgan fingerprint density at radius 1 is 1.07 bits per heavy atom. The average molecular weight is 535 g/mol. The zero-order valence-corrected chi connectivity index (χ0v) is 22.7. The van der Waals surface area contributed by atoms with E-state index in [2.05, 4.69) is 6.07 Å². The third kappa shape index (κ3) is 4.71. The Balaban J connectivity index is 1.65. The van der Waals surface area contributed by atoms with Crippen LogP contribution in [0.2, 0.25) is 0 Å². The van der Waals surface area contributed by atoms with E-state index in [1.54, 1.807) is 23.1 Å². The fourth-order valence-electron chi connectivity index (χ4n) is 5.66. The standard InChI is InChI=1S/C32H30N4O4/c1-19-11-13-23(14-12-19)40-18-22-16-24(21(3)15-20(22)2)30-25(17-33)32(34)35(28-9-6-10-29(37)31(28)30)26-7-4-5-8-27(26)36(38)39/h4-5,7-8,11-16,30H,6,9-10,18,34H2,1-3H3. The summed E-state index contributed by atoms with van der Waals surface area (Å²) in [5.74, 6) is 0.102. The van der Waals surface area contributed by atoms with Gasteiger partial charge in [0.05, 0.1) is 22.5 Å². The molecule has 0 bridgehead atoms. The minimum atomic E-state index is -0.675. The number of para-hydroxylation sites is 2. The van der Waals surface area contributed by atoms with Crippen LogP contribution in [0.4, 0.5) is 11.4 Å². The normalized spacial score (nSPS) is 17.0. The van der Waals surface area contributed by atoms with E-state index in [1.807, 2.05) is 57.2 Å². The maximum absolute atomic E-state index is 13.6. The van der Waals surface area contributed by atoms with Crippen molar-refractivity contribution in [3.05, 3.63) is 121 Å². The molecule has 0 fully saturated rings. The van der Waals surface area contributed by atoms with Gasteiger partial charge < -0.3 is 10.5 Å². The molecule has 3 aromatic carbocycles. The van der Waals surface area contributed by atoms with Crippen LogP contribution < -0.4 is 15.4 Å². The topological polar surface area (TPSA) is 122 Å². The van der Waals surface area contributed by atoms with Crippen LogP contribution in [0.3, 0.4) is 0 Å². The number of ether oxygens (including phenoxy) is 1. The van der Waals surface area contributed by atoms with Crippen molar-refractivity contribution in [1.82, 2.24) is 0 Å². The number of carbonyl (C=O) groups excluding carboxylic acids is 1. The fraction of sp³-hybridized carbons (Fsp3) is 0.250. The van der Waals surface area contributed by atoms with Crippen LogP contribution in [0.5, 0.6) is 5.75 Å². The molecule has 1 atom stereocenters. The Morgan fingerprint density at radius 2 is 1.80 bits per heavy atom. The fourth-order valence-corrected chi connectivity index (χ4v) is 5.66. The number of hydrogen-bond donors (Lipinski definition) is 1. The van der Waals surface area contributed by atoms with Crippen LogP contribution in [0.1, 0.15) is 53.0 Å². The second kappa shape index (κ2) is 10.7. The summed E-state index contributed by atoms with van der Waals surface area (Å²) in [6.45, 7) is 6.30. The number of hydrogen-bond acceptors (Lipinski definition) is 7. The first-order chi connectivity index (χ1) is 19.2. The molecule has 5 rings (SSSR count). The zero-order valence-electron chi connectivity index (χ0n) is 22.7. The van der Waals surface area contributed by atoms with E-state index in [-0.39, 0.29) is 28.6 Å². The van der Waals surface area contributed by atoms with Gasteiger partial charge in [-0.25, -0.2) is 0 Å². The summed E-state index contributed by atoms with van der Waals surface area (Å²) in [5, 5.41) is 22.3. The molecule has 3 aromatic rings.